The van der Waals surface area contributed by atoms with Crippen molar-refractivity contribution in [1.82, 2.24) is 39.0 Å². The number of thiol groups is 1. The van der Waals surface area contributed by atoms with Gasteiger partial charge in [-0.15, -0.1) is 0 Å². The average Bonchev–Trinajstić information content (AvgIpc) is 3.77. The first kappa shape index (κ1) is 30.8. The maximum absolute atomic E-state index is 13.8. The highest BCUT2D eigenvalue weighted by molar-refractivity contribution is 8.48. The topological polar surface area (TPSA) is 269 Å². The van der Waals surface area contributed by atoms with Gasteiger partial charge in [-0.05, 0) is 10.8 Å². The predicted octanol–water partition coefficient (Wildman–Crippen LogP) is 0.633. The number of aromatic nitrogens is 8. The SMILES string of the molecule is C#S[P@]1(=O)OC[C@H]2O[C@@H](n3cnc4c(N)ncnc43)[C@H](O[P@](=O)(S)OC[C@H]3O[C@@H](n4cnc5c(N)ncnc54)[C@H](O1)[C@@H]3O)[C@@H]2O. The molecule has 0 aromatic carbocycles. The maximum atomic E-state index is 13.8. The van der Waals surface area contributed by atoms with Gasteiger partial charge in [-0.3, -0.25) is 27.2 Å². The summed E-state index contributed by atoms with van der Waals surface area (Å²) in [6, 6.07) is 0. The Hall–Kier alpha value is -2.81. The largest absolute Gasteiger partial charge is 0.418 e. The summed E-state index contributed by atoms with van der Waals surface area (Å²) in [5.41, 5.74) is 18.5. The van der Waals surface area contributed by atoms with E-state index in [1.54, 1.807) is 0 Å². The fourth-order valence-electron chi connectivity index (χ4n) is 5.25. The normalized spacial score (nSPS) is 37.6. The summed E-state index contributed by atoms with van der Waals surface area (Å²) in [6.07, 6.45) is -5.82. The van der Waals surface area contributed by atoms with Crippen LogP contribution in [0.2, 0.25) is 0 Å². The first-order chi connectivity index (χ1) is 21.5. The summed E-state index contributed by atoms with van der Waals surface area (Å²) in [7, 11) is 0.254. The molecule has 20 nitrogen and oxygen atoms in total. The van der Waals surface area contributed by atoms with Gasteiger partial charge in [0.05, 0.1) is 25.9 Å². The Kier molecular flexibility index (Phi) is 7.85. The Morgan fingerprint density at radius 2 is 1.31 bits per heavy atom. The van der Waals surface area contributed by atoms with Crippen LogP contribution in [0.1, 0.15) is 12.5 Å². The van der Waals surface area contributed by atoms with Crippen molar-refractivity contribution in [3.63, 3.8) is 0 Å². The second kappa shape index (κ2) is 11.5. The van der Waals surface area contributed by atoms with Crippen LogP contribution < -0.4 is 11.5 Å². The molecule has 4 aromatic rings. The lowest BCUT2D eigenvalue weighted by Gasteiger charge is -2.26. The number of anilines is 2. The van der Waals surface area contributed by atoms with Gasteiger partial charge in [-0.2, -0.15) is 0 Å². The zero-order chi connectivity index (χ0) is 31.7. The van der Waals surface area contributed by atoms with Crippen molar-refractivity contribution in [2.75, 3.05) is 24.7 Å². The molecule has 3 aliphatic heterocycles. The molecule has 240 valence electrons. The van der Waals surface area contributed by atoms with Crippen LogP contribution in [0.5, 0.6) is 0 Å². The van der Waals surface area contributed by atoms with Crippen LogP contribution in [0.15, 0.2) is 25.3 Å². The number of rotatable bonds is 2. The van der Waals surface area contributed by atoms with Crippen LogP contribution in [0.4, 0.5) is 11.6 Å². The molecule has 3 saturated heterocycles. The number of imidazole rings is 2. The molecule has 0 aliphatic carbocycles. The third kappa shape index (κ3) is 5.40. The van der Waals surface area contributed by atoms with Gasteiger partial charge < -0.3 is 31.2 Å². The van der Waals surface area contributed by atoms with Crippen molar-refractivity contribution in [1.29, 1.82) is 0 Å². The summed E-state index contributed by atoms with van der Waals surface area (Å²) in [6.45, 7) is -9.74. The van der Waals surface area contributed by atoms with Gasteiger partial charge in [0.25, 0.3) is 0 Å². The van der Waals surface area contributed by atoms with Crippen molar-refractivity contribution < 1.29 is 46.9 Å². The summed E-state index contributed by atoms with van der Waals surface area (Å²) in [4.78, 5) is 24.5. The Balaban J connectivity index is 1.24. The molecule has 0 radical (unpaired) electrons. The molecular formula is C21H24N10O10P2S2. The molecule has 0 spiro atoms. The van der Waals surface area contributed by atoms with E-state index in [-0.39, 0.29) is 44.8 Å². The predicted molar refractivity (Wildman–Crippen MR) is 158 cm³/mol. The Morgan fingerprint density at radius 1 is 0.822 bits per heavy atom. The molecule has 3 aliphatic rings. The van der Waals surface area contributed by atoms with E-state index in [0.717, 1.165) is 0 Å². The maximum Gasteiger partial charge on any atom is 0.418 e. The number of hydrogen-bond acceptors (Lipinski definition) is 18. The standard InChI is InChI=1S/C21H24N10O10P2S2/c1-45-43(35)37-3-9-12(32)14(20(39-9)30-6-28-10-16(22)24-4-26-18(10)30)40-42(34,44)36-2-8-13(33)15(41-43)21(38-8)31-7-29-11-17(23)25-5-27-19(11)31/h1,4-9,12-15,20-21,32-33H,2-3H2,(H,34,44)(H2,22,24,26)(H2,23,25,27)/t8-,9-,12-,13-,14-,15-,20-,21-,42-,43-/m1/s1. The van der Waals surface area contributed by atoms with Gasteiger partial charge in [-0.25, -0.2) is 39.0 Å². The first-order valence-corrected chi connectivity index (χ1v) is 18.7. The van der Waals surface area contributed by atoms with E-state index < -0.39 is 75.9 Å². The minimum Gasteiger partial charge on any atom is -0.387 e. The second-order valence-electron chi connectivity index (χ2n) is 10.0. The highest BCUT2D eigenvalue weighted by atomic mass is 32.7. The lowest BCUT2D eigenvalue weighted by molar-refractivity contribution is -0.0584. The van der Waals surface area contributed by atoms with Crippen LogP contribution in [-0.2, 0) is 36.7 Å². The van der Waals surface area contributed by atoms with E-state index in [4.69, 9.17) is 44.7 Å². The van der Waals surface area contributed by atoms with Crippen molar-refractivity contribution in [3.8, 4) is 5.69 Å². The van der Waals surface area contributed by atoms with Crippen LogP contribution in [0, 0.1) is 5.69 Å². The molecule has 4 aromatic heterocycles. The Labute approximate surface area is 260 Å². The molecular weight excluding hydrogens is 678 g/mol. The molecule has 0 saturated carbocycles. The number of nitrogens with zero attached hydrogens (tertiary/aromatic N) is 8. The van der Waals surface area contributed by atoms with E-state index >= 15 is 0 Å². The monoisotopic (exact) mass is 702 g/mol. The highest BCUT2D eigenvalue weighted by Crippen LogP contribution is 2.61. The summed E-state index contributed by atoms with van der Waals surface area (Å²) < 4.78 is 64.8. The molecule has 4 bridgehead atoms. The van der Waals surface area contributed by atoms with E-state index in [2.05, 4.69) is 42.2 Å². The van der Waals surface area contributed by atoms with Crippen molar-refractivity contribution in [2.24, 2.45) is 0 Å². The average molecular weight is 703 g/mol. The molecule has 10 atom stereocenters. The van der Waals surface area contributed by atoms with Crippen molar-refractivity contribution in [3.05, 3.63) is 25.3 Å². The molecule has 0 unspecified atom stereocenters. The van der Waals surface area contributed by atoms with Gasteiger partial charge in [0.1, 0.15) is 60.3 Å². The zero-order valence-electron chi connectivity index (χ0n) is 22.6. The molecule has 0 amide bonds. The van der Waals surface area contributed by atoms with Gasteiger partial charge in [-0.1, -0.05) is 17.9 Å². The smallest absolute Gasteiger partial charge is 0.387 e. The van der Waals surface area contributed by atoms with E-state index in [1.165, 1.54) is 34.4 Å². The molecule has 3 fully saturated rings. The van der Waals surface area contributed by atoms with Crippen molar-refractivity contribution in [2.45, 2.75) is 49.1 Å². The molecule has 7 rings (SSSR count). The number of ether oxygens (including phenoxy) is 2. The fourth-order valence-corrected chi connectivity index (χ4v) is 8.55. The first-order valence-electron chi connectivity index (χ1n) is 13.0. The van der Waals surface area contributed by atoms with Crippen LogP contribution in [0.25, 0.3) is 22.3 Å². The molecule has 45 heavy (non-hydrogen) atoms. The molecule has 7 heterocycles. The van der Waals surface area contributed by atoms with Crippen molar-refractivity contribution >= 4 is 70.6 Å². The third-order valence-electron chi connectivity index (χ3n) is 7.38. The van der Waals surface area contributed by atoms with E-state index in [9.17, 15) is 19.3 Å². The van der Waals surface area contributed by atoms with Gasteiger partial charge in [0.15, 0.2) is 35.4 Å². The summed E-state index contributed by atoms with van der Waals surface area (Å²) >= 11 is 4.10. The number of nitrogen functional groups attached to an aromatic ring is 2. The Bertz CT molecular complexity index is 1930. The fraction of sp³-hybridized carbons (Fsp3) is 0.476. The van der Waals surface area contributed by atoms with Gasteiger partial charge >= 0.3 is 13.6 Å². The van der Waals surface area contributed by atoms with E-state index in [1.807, 2.05) is 0 Å². The number of hydrogen-bond donors (Lipinski definition) is 5. The van der Waals surface area contributed by atoms with Crippen LogP contribution in [-0.4, -0.2) is 99.1 Å². The summed E-state index contributed by atoms with van der Waals surface area (Å²) in [5, 5.41) is 22.5. The van der Waals surface area contributed by atoms with Gasteiger partial charge in [0.2, 0.25) is 0 Å². The number of nitrogens with two attached hydrogens (primary N) is 2. The zero-order valence-corrected chi connectivity index (χ0v) is 26.1. The van der Waals surface area contributed by atoms with Gasteiger partial charge in [0, 0.05) is 0 Å². The Morgan fingerprint density at radius 3 is 1.82 bits per heavy atom. The number of fused-ring (bicyclic) bond motifs is 6. The number of aliphatic hydroxyl groups is 2. The number of aliphatic hydroxyl groups excluding tert-OH is 2. The third-order valence-corrected chi connectivity index (χ3v) is 11.6. The van der Waals surface area contributed by atoms with Crippen LogP contribution >= 0.6 is 36.6 Å². The van der Waals surface area contributed by atoms with E-state index in [0.29, 0.717) is 0 Å². The summed E-state index contributed by atoms with van der Waals surface area (Å²) in [5.74, 6) is 0.167. The molecule has 24 heteroatoms. The lowest BCUT2D eigenvalue weighted by atomic mass is 10.1. The van der Waals surface area contributed by atoms with Crippen LogP contribution in [0.3, 0.4) is 0 Å². The minimum atomic E-state index is -4.32. The molecule has 6 N–H and O–H groups in total. The minimum absolute atomic E-state index is 0.0826. The lowest BCUT2D eigenvalue weighted by Crippen LogP contribution is -2.37. The quantitative estimate of drug-likeness (QED) is 0.142. The highest BCUT2D eigenvalue weighted by Gasteiger charge is 2.53. The second-order valence-corrected chi connectivity index (χ2v) is 16.5.